The van der Waals surface area contributed by atoms with Gasteiger partial charge >= 0.3 is 0 Å². The van der Waals surface area contributed by atoms with Crippen LogP contribution in [0.1, 0.15) is 30.6 Å². The Balaban J connectivity index is 1.69. The fourth-order valence-corrected chi connectivity index (χ4v) is 4.54. The number of phenols is 1. The van der Waals surface area contributed by atoms with Gasteiger partial charge in [-0.3, -0.25) is 0 Å². The number of hydrogen-bond donors (Lipinski definition) is 6. The molecule has 0 aliphatic carbocycles. The SMILES string of the molecule is COc1cc(C2Oc3cc(CCCO)cc(OC4OC(CO)C(O)C(O)C4O)c3OC2C)cc(OC)c1O. The zero-order valence-electron chi connectivity index (χ0n) is 21.3. The minimum atomic E-state index is -1.61. The average molecular weight is 539 g/mol. The number of aryl methyl sites for hydroxylation is 1. The van der Waals surface area contributed by atoms with E-state index < -0.39 is 49.5 Å². The molecule has 12 heteroatoms. The molecule has 2 aliphatic rings. The lowest BCUT2D eigenvalue weighted by Gasteiger charge is -2.40. The summed E-state index contributed by atoms with van der Waals surface area (Å²) in [7, 11) is 2.84. The Hall–Kier alpha value is -3.00. The number of fused-ring (bicyclic) bond motifs is 1. The topological polar surface area (TPSA) is 177 Å². The molecule has 0 saturated carbocycles. The molecule has 1 fully saturated rings. The van der Waals surface area contributed by atoms with Crippen LogP contribution < -0.4 is 23.7 Å². The third-order valence-corrected chi connectivity index (χ3v) is 6.61. The smallest absolute Gasteiger partial charge is 0.229 e. The minimum absolute atomic E-state index is 0.0376. The number of ether oxygens (including phenoxy) is 6. The molecule has 1 saturated heterocycles. The monoisotopic (exact) mass is 538 g/mol. The summed E-state index contributed by atoms with van der Waals surface area (Å²) in [5.41, 5.74) is 1.35. The van der Waals surface area contributed by atoms with E-state index in [1.165, 1.54) is 14.2 Å². The highest BCUT2D eigenvalue weighted by Crippen LogP contribution is 2.49. The van der Waals surface area contributed by atoms with Crippen LogP contribution in [0, 0.1) is 0 Å². The van der Waals surface area contributed by atoms with Crippen molar-refractivity contribution < 1.29 is 59.1 Å². The second-order valence-corrected chi connectivity index (χ2v) is 9.20. The lowest BCUT2D eigenvalue weighted by molar-refractivity contribution is -0.277. The lowest BCUT2D eigenvalue weighted by Crippen LogP contribution is -2.60. The summed E-state index contributed by atoms with van der Waals surface area (Å²) in [4.78, 5) is 0. The Morgan fingerprint density at radius 3 is 2.16 bits per heavy atom. The highest BCUT2D eigenvalue weighted by atomic mass is 16.7. The van der Waals surface area contributed by atoms with Crippen molar-refractivity contribution in [1.29, 1.82) is 0 Å². The normalized spacial score (nSPS) is 28.6. The summed E-state index contributed by atoms with van der Waals surface area (Å²) in [6.07, 6.45) is -7.60. The molecule has 6 N–H and O–H groups in total. The molecule has 12 nitrogen and oxygen atoms in total. The van der Waals surface area contributed by atoms with E-state index in [0.717, 1.165) is 5.56 Å². The van der Waals surface area contributed by atoms with Crippen molar-refractivity contribution >= 4 is 0 Å². The maximum Gasteiger partial charge on any atom is 0.229 e. The van der Waals surface area contributed by atoms with Gasteiger partial charge in [0.1, 0.15) is 30.5 Å². The van der Waals surface area contributed by atoms with E-state index in [1.54, 1.807) is 31.2 Å². The van der Waals surface area contributed by atoms with Crippen LogP contribution in [0.2, 0.25) is 0 Å². The summed E-state index contributed by atoms with van der Waals surface area (Å²) >= 11 is 0. The first-order valence-electron chi connectivity index (χ1n) is 12.3. The van der Waals surface area contributed by atoms with Gasteiger partial charge in [-0.2, -0.15) is 0 Å². The maximum absolute atomic E-state index is 10.5. The van der Waals surface area contributed by atoms with Crippen LogP contribution in [-0.4, -0.2) is 94.9 Å². The third-order valence-electron chi connectivity index (χ3n) is 6.61. The first-order chi connectivity index (χ1) is 18.2. The van der Waals surface area contributed by atoms with E-state index in [9.17, 15) is 30.6 Å². The van der Waals surface area contributed by atoms with Gasteiger partial charge in [0.2, 0.25) is 17.8 Å². The zero-order valence-corrected chi connectivity index (χ0v) is 21.3. The molecule has 0 radical (unpaired) electrons. The maximum atomic E-state index is 10.5. The molecule has 2 aromatic rings. The standard InChI is InChI=1S/C26H34O12/c1-12-24(14-9-15(33-2)20(29)16(10-14)34-3)36-17-7-13(5-4-6-27)8-18(25(17)35-12)37-26-23(32)22(31)21(30)19(11-28)38-26/h7-10,12,19,21-24,26-32H,4-6,11H2,1-3H3. The molecule has 0 spiro atoms. The highest BCUT2D eigenvalue weighted by Gasteiger charge is 2.45. The molecule has 7 atom stereocenters. The summed E-state index contributed by atoms with van der Waals surface area (Å²) in [6.45, 7) is 1.14. The summed E-state index contributed by atoms with van der Waals surface area (Å²) in [6, 6.07) is 6.64. The van der Waals surface area contributed by atoms with Crippen LogP contribution in [-0.2, 0) is 11.2 Å². The van der Waals surface area contributed by atoms with Crippen LogP contribution in [0.25, 0.3) is 0 Å². The number of benzene rings is 2. The molecule has 0 amide bonds. The predicted octanol–water partition coefficient (Wildman–Crippen LogP) is 0.414. The number of aliphatic hydroxyl groups excluding tert-OH is 5. The summed E-state index contributed by atoms with van der Waals surface area (Å²) in [5, 5.41) is 59.9. The van der Waals surface area contributed by atoms with Crippen molar-refractivity contribution in [3.05, 3.63) is 35.4 Å². The number of phenolic OH excluding ortho intramolecular Hbond substituents is 1. The second kappa shape index (κ2) is 11.8. The number of aliphatic hydroxyl groups is 5. The van der Waals surface area contributed by atoms with Crippen molar-refractivity contribution in [2.45, 2.75) is 62.7 Å². The Morgan fingerprint density at radius 1 is 0.868 bits per heavy atom. The van der Waals surface area contributed by atoms with E-state index in [0.29, 0.717) is 24.2 Å². The van der Waals surface area contributed by atoms with Gasteiger partial charge in [0.25, 0.3) is 0 Å². The average Bonchev–Trinajstić information content (AvgIpc) is 2.92. The number of hydrogen-bond acceptors (Lipinski definition) is 12. The Morgan fingerprint density at radius 2 is 1.55 bits per heavy atom. The van der Waals surface area contributed by atoms with Gasteiger partial charge < -0.3 is 59.1 Å². The molecule has 7 unspecified atom stereocenters. The zero-order chi connectivity index (χ0) is 27.6. The first-order valence-corrected chi connectivity index (χ1v) is 12.3. The van der Waals surface area contributed by atoms with Gasteiger partial charge in [0.15, 0.2) is 29.1 Å². The molecule has 2 aliphatic heterocycles. The van der Waals surface area contributed by atoms with Gasteiger partial charge in [-0.15, -0.1) is 0 Å². The fraction of sp³-hybridized carbons (Fsp3) is 0.538. The Bertz CT molecular complexity index is 1080. The molecule has 0 bridgehead atoms. The summed E-state index contributed by atoms with van der Waals surface area (Å²) < 4.78 is 34.5. The van der Waals surface area contributed by atoms with Gasteiger partial charge in [0, 0.05) is 12.2 Å². The van der Waals surface area contributed by atoms with E-state index in [4.69, 9.17) is 28.4 Å². The van der Waals surface area contributed by atoms with Gasteiger partial charge in [0.05, 0.1) is 20.8 Å². The molecule has 210 valence electrons. The Labute approximate surface area is 219 Å². The molecule has 4 rings (SSSR count). The molecular weight excluding hydrogens is 504 g/mol. The van der Waals surface area contributed by atoms with Crippen LogP contribution in [0.5, 0.6) is 34.5 Å². The molecule has 38 heavy (non-hydrogen) atoms. The lowest BCUT2D eigenvalue weighted by atomic mass is 9.99. The van der Waals surface area contributed by atoms with Crippen molar-refractivity contribution in [2.75, 3.05) is 27.4 Å². The molecule has 2 heterocycles. The third kappa shape index (κ3) is 5.41. The number of methoxy groups -OCH3 is 2. The fourth-order valence-electron chi connectivity index (χ4n) is 4.54. The molecular formula is C26H34O12. The van der Waals surface area contributed by atoms with E-state index in [1.807, 2.05) is 0 Å². The number of rotatable bonds is 9. The largest absolute Gasteiger partial charge is 0.502 e. The van der Waals surface area contributed by atoms with Gasteiger partial charge in [-0.05, 0) is 49.6 Å². The number of aromatic hydroxyl groups is 1. The predicted molar refractivity (Wildman–Crippen MR) is 131 cm³/mol. The van der Waals surface area contributed by atoms with E-state index in [2.05, 4.69) is 0 Å². The van der Waals surface area contributed by atoms with Gasteiger partial charge in [-0.25, -0.2) is 0 Å². The van der Waals surface area contributed by atoms with Crippen molar-refractivity contribution in [3.63, 3.8) is 0 Å². The molecule has 0 aromatic heterocycles. The van der Waals surface area contributed by atoms with Crippen molar-refractivity contribution in [3.8, 4) is 34.5 Å². The van der Waals surface area contributed by atoms with E-state index in [-0.39, 0.29) is 35.4 Å². The van der Waals surface area contributed by atoms with Crippen LogP contribution in [0.4, 0.5) is 0 Å². The first kappa shape index (κ1) is 28.0. The molecule has 2 aromatic carbocycles. The second-order valence-electron chi connectivity index (χ2n) is 9.20. The van der Waals surface area contributed by atoms with E-state index >= 15 is 0 Å². The van der Waals surface area contributed by atoms with Crippen LogP contribution in [0.3, 0.4) is 0 Å². The van der Waals surface area contributed by atoms with Crippen molar-refractivity contribution in [2.24, 2.45) is 0 Å². The van der Waals surface area contributed by atoms with Crippen LogP contribution >= 0.6 is 0 Å². The van der Waals surface area contributed by atoms with Gasteiger partial charge in [-0.1, -0.05) is 0 Å². The highest BCUT2D eigenvalue weighted by molar-refractivity contribution is 5.57. The quantitative estimate of drug-likeness (QED) is 0.260. The Kier molecular flexibility index (Phi) is 8.71. The van der Waals surface area contributed by atoms with Crippen LogP contribution in [0.15, 0.2) is 24.3 Å². The van der Waals surface area contributed by atoms with Crippen molar-refractivity contribution in [1.82, 2.24) is 0 Å². The summed E-state index contributed by atoms with van der Waals surface area (Å²) in [5.74, 6) is 0.926. The minimum Gasteiger partial charge on any atom is -0.502 e.